The first-order valence-corrected chi connectivity index (χ1v) is 6.41. The van der Waals surface area contributed by atoms with Gasteiger partial charge in [-0.15, -0.1) is 21.5 Å². The van der Waals surface area contributed by atoms with Gasteiger partial charge in [0.05, 0.1) is 6.04 Å². The first kappa shape index (κ1) is 10.6. The van der Waals surface area contributed by atoms with Crippen LogP contribution in [-0.4, -0.2) is 10.2 Å². The van der Waals surface area contributed by atoms with E-state index in [0.29, 0.717) is 6.04 Å². The maximum Gasteiger partial charge on any atom is 0.206 e. The Morgan fingerprint density at radius 1 is 1.20 bits per heavy atom. The molecule has 0 aliphatic rings. The third kappa shape index (κ3) is 2.54. The number of thiophene rings is 1. The van der Waals surface area contributed by atoms with Crippen molar-refractivity contribution in [3.63, 3.8) is 0 Å². The maximum atomic E-state index is 4.05. The van der Waals surface area contributed by atoms with Gasteiger partial charge in [-0.25, -0.2) is 0 Å². The fraction of sp³-hybridized carbons (Fsp3) is 0.400. The van der Waals surface area contributed by atoms with E-state index in [2.05, 4.69) is 41.5 Å². The molecule has 1 atom stereocenters. The molecule has 2 heterocycles. The van der Waals surface area contributed by atoms with Crippen molar-refractivity contribution in [1.29, 1.82) is 0 Å². The Morgan fingerprint density at radius 2 is 2.00 bits per heavy atom. The molecule has 2 aromatic heterocycles. The van der Waals surface area contributed by atoms with E-state index in [1.165, 1.54) is 9.75 Å². The second-order valence-corrected chi connectivity index (χ2v) is 5.94. The highest BCUT2D eigenvalue weighted by Gasteiger charge is 2.09. The van der Waals surface area contributed by atoms with Gasteiger partial charge in [0.25, 0.3) is 0 Å². The SMILES string of the molecule is Cc1ccc(C(C)Nc2nnc(C)s2)s1. The van der Waals surface area contributed by atoms with Crippen LogP contribution in [0.5, 0.6) is 0 Å². The summed E-state index contributed by atoms with van der Waals surface area (Å²) in [7, 11) is 0. The minimum atomic E-state index is 0.302. The smallest absolute Gasteiger partial charge is 0.206 e. The van der Waals surface area contributed by atoms with Crippen LogP contribution >= 0.6 is 22.7 Å². The van der Waals surface area contributed by atoms with Crippen LogP contribution in [0.25, 0.3) is 0 Å². The molecule has 0 aliphatic heterocycles. The van der Waals surface area contributed by atoms with E-state index in [-0.39, 0.29) is 0 Å². The van der Waals surface area contributed by atoms with Crippen molar-refractivity contribution in [3.8, 4) is 0 Å². The first-order valence-electron chi connectivity index (χ1n) is 4.78. The lowest BCUT2D eigenvalue weighted by molar-refractivity contribution is 0.892. The number of nitrogens with one attached hydrogen (secondary N) is 1. The Morgan fingerprint density at radius 3 is 2.53 bits per heavy atom. The number of hydrogen-bond acceptors (Lipinski definition) is 5. The largest absolute Gasteiger partial charge is 0.353 e. The third-order valence-corrected chi connectivity index (χ3v) is 4.01. The molecule has 0 saturated heterocycles. The van der Waals surface area contributed by atoms with Gasteiger partial charge in [0.15, 0.2) is 0 Å². The molecule has 0 spiro atoms. The lowest BCUT2D eigenvalue weighted by Gasteiger charge is -2.09. The zero-order valence-electron chi connectivity index (χ0n) is 8.94. The molecule has 15 heavy (non-hydrogen) atoms. The fourth-order valence-electron chi connectivity index (χ4n) is 1.30. The van der Waals surface area contributed by atoms with E-state index in [4.69, 9.17) is 0 Å². The van der Waals surface area contributed by atoms with Gasteiger partial charge in [0, 0.05) is 9.75 Å². The molecular formula is C10H13N3S2. The number of hydrogen-bond donors (Lipinski definition) is 1. The van der Waals surface area contributed by atoms with Gasteiger partial charge >= 0.3 is 0 Å². The number of aromatic nitrogens is 2. The first-order chi connectivity index (χ1) is 7.15. The van der Waals surface area contributed by atoms with E-state index in [0.717, 1.165) is 10.1 Å². The average molecular weight is 239 g/mol. The monoisotopic (exact) mass is 239 g/mol. The highest BCUT2D eigenvalue weighted by Crippen LogP contribution is 2.26. The highest BCUT2D eigenvalue weighted by atomic mass is 32.1. The summed E-state index contributed by atoms with van der Waals surface area (Å²) in [6.07, 6.45) is 0. The Balaban J connectivity index is 2.06. The summed E-state index contributed by atoms with van der Waals surface area (Å²) in [5, 5.41) is 13.3. The Kier molecular flexibility index (Phi) is 3.02. The number of aryl methyl sites for hydroxylation is 2. The molecule has 0 radical (unpaired) electrons. The molecule has 1 unspecified atom stereocenters. The molecule has 0 aromatic carbocycles. The Bertz CT molecular complexity index is 447. The Hall–Kier alpha value is -0.940. The van der Waals surface area contributed by atoms with Crippen molar-refractivity contribution in [2.24, 2.45) is 0 Å². The van der Waals surface area contributed by atoms with Crippen LogP contribution in [0.4, 0.5) is 5.13 Å². The molecule has 80 valence electrons. The highest BCUT2D eigenvalue weighted by molar-refractivity contribution is 7.15. The van der Waals surface area contributed by atoms with Crippen molar-refractivity contribution >= 4 is 27.8 Å². The van der Waals surface area contributed by atoms with Crippen LogP contribution in [0.3, 0.4) is 0 Å². The number of anilines is 1. The minimum absolute atomic E-state index is 0.302. The van der Waals surface area contributed by atoms with Crippen LogP contribution in [0.1, 0.15) is 27.7 Å². The number of nitrogens with zero attached hydrogens (tertiary/aromatic N) is 2. The van der Waals surface area contributed by atoms with Gasteiger partial charge < -0.3 is 5.32 Å². The normalized spacial score (nSPS) is 12.7. The summed E-state index contributed by atoms with van der Waals surface area (Å²) in [6, 6.07) is 4.60. The van der Waals surface area contributed by atoms with Crippen molar-refractivity contribution < 1.29 is 0 Å². The zero-order valence-corrected chi connectivity index (χ0v) is 10.6. The predicted octanol–water partition coefficient (Wildman–Crippen LogP) is 3.39. The molecule has 0 saturated carbocycles. The fourth-order valence-corrected chi connectivity index (χ4v) is 2.86. The van der Waals surface area contributed by atoms with E-state index in [9.17, 15) is 0 Å². The summed E-state index contributed by atoms with van der Waals surface area (Å²) < 4.78 is 0. The van der Waals surface area contributed by atoms with Crippen molar-refractivity contribution in [2.45, 2.75) is 26.8 Å². The second-order valence-electron chi connectivity index (χ2n) is 3.44. The molecule has 0 amide bonds. The maximum absolute atomic E-state index is 4.05. The standard InChI is InChI=1S/C10H13N3S2/c1-6-4-5-9(14-6)7(2)11-10-13-12-8(3)15-10/h4-5,7H,1-3H3,(H,11,13). The van der Waals surface area contributed by atoms with Gasteiger partial charge in [-0.2, -0.15) is 0 Å². The van der Waals surface area contributed by atoms with E-state index in [1.54, 1.807) is 11.3 Å². The van der Waals surface area contributed by atoms with Crippen molar-refractivity contribution in [1.82, 2.24) is 10.2 Å². The average Bonchev–Trinajstić information content (AvgIpc) is 2.75. The van der Waals surface area contributed by atoms with Crippen LogP contribution in [0, 0.1) is 13.8 Å². The summed E-state index contributed by atoms with van der Waals surface area (Å²) in [6.45, 7) is 6.22. The van der Waals surface area contributed by atoms with Crippen LogP contribution in [-0.2, 0) is 0 Å². The minimum Gasteiger partial charge on any atom is -0.353 e. The molecule has 0 bridgehead atoms. The van der Waals surface area contributed by atoms with Gasteiger partial charge in [-0.1, -0.05) is 11.3 Å². The molecule has 2 aromatic rings. The van der Waals surface area contributed by atoms with Crippen molar-refractivity contribution in [2.75, 3.05) is 5.32 Å². The molecule has 0 fully saturated rings. The lowest BCUT2D eigenvalue weighted by atomic mass is 10.3. The quantitative estimate of drug-likeness (QED) is 0.892. The van der Waals surface area contributed by atoms with Crippen LogP contribution < -0.4 is 5.32 Å². The van der Waals surface area contributed by atoms with Crippen LogP contribution in [0.2, 0.25) is 0 Å². The summed E-state index contributed by atoms with van der Waals surface area (Å²) in [5.41, 5.74) is 0. The van der Waals surface area contributed by atoms with E-state index in [1.807, 2.05) is 18.3 Å². The second kappa shape index (κ2) is 4.28. The van der Waals surface area contributed by atoms with Crippen molar-refractivity contribution in [3.05, 3.63) is 26.9 Å². The molecule has 0 aliphatic carbocycles. The summed E-state index contributed by atoms with van der Waals surface area (Å²) in [4.78, 5) is 2.67. The van der Waals surface area contributed by atoms with Gasteiger partial charge in [-0.05, 0) is 32.9 Å². The summed E-state index contributed by atoms with van der Waals surface area (Å²) in [5.74, 6) is 0. The predicted molar refractivity (Wildman–Crippen MR) is 65.7 cm³/mol. The molecule has 5 heteroatoms. The van der Waals surface area contributed by atoms with Crippen LogP contribution in [0.15, 0.2) is 12.1 Å². The van der Waals surface area contributed by atoms with E-state index < -0.39 is 0 Å². The molecular weight excluding hydrogens is 226 g/mol. The third-order valence-electron chi connectivity index (χ3n) is 2.05. The lowest BCUT2D eigenvalue weighted by Crippen LogP contribution is -2.04. The molecule has 1 N–H and O–H groups in total. The molecule has 2 rings (SSSR count). The number of rotatable bonds is 3. The summed E-state index contributed by atoms with van der Waals surface area (Å²) >= 11 is 3.40. The van der Waals surface area contributed by atoms with Gasteiger partial charge in [-0.3, -0.25) is 0 Å². The van der Waals surface area contributed by atoms with Gasteiger partial charge in [0.1, 0.15) is 5.01 Å². The molecule has 3 nitrogen and oxygen atoms in total. The van der Waals surface area contributed by atoms with Gasteiger partial charge in [0.2, 0.25) is 5.13 Å². The zero-order chi connectivity index (χ0) is 10.8. The topological polar surface area (TPSA) is 37.8 Å². The van der Waals surface area contributed by atoms with E-state index >= 15 is 0 Å². The Labute approximate surface area is 97.2 Å².